The first-order chi connectivity index (χ1) is 9.54. The van der Waals surface area contributed by atoms with Gasteiger partial charge in [-0.1, -0.05) is 6.42 Å². The van der Waals surface area contributed by atoms with Crippen LogP contribution in [0.2, 0.25) is 0 Å². The summed E-state index contributed by atoms with van der Waals surface area (Å²) in [6.07, 6.45) is 4.80. The van der Waals surface area contributed by atoms with Crippen LogP contribution in [0.1, 0.15) is 38.5 Å². The third-order valence-electron chi connectivity index (χ3n) is 4.62. The van der Waals surface area contributed by atoms with Gasteiger partial charge in [0.05, 0.1) is 6.42 Å². The third kappa shape index (κ3) is 3.62. The first-order valence-electron chi connectivity index (χ1n) is 7.40. The molecule has 1 saturated heterocycles. The van der Waals surface area contributed by atoms with Gasteiger partial charge >= 0.3 is 12.0 Å². The monoisotopic (exact) mass is 284 g/mol. The minimum atomic E-state index is -0.794. The summed E-state index contributed by atoms with van der Waals surface area (Å²) >= 11 is 0. The molecule has 0 aromatic carbocycles. The second kappa shape index (κ2) is 6.43. The number of carbonyl (C=O) groups is 2. The number of hydrogen-bond acceptors (Lipinski definition) is 3. The van der Waals surface area contributed by atoms with Gasteiger partial charge in [-0.05, 0) is 37.0 Å². The number of aliphatic hydroxyl groups is 1. The molecule has 2 aliphatic rings. The van der Waals surface area contributed by atoms with Crippen molar-refractivity contribution in [3.63, 3.8) is 0 Å². The number of amides is 2. The van der Waals surface area contributed by atoms with E-state index in [1.807, 2.05) is 0 Å². The molecule has 2 amide bonds. The Kier molecular flexibility index (Phi) is 4.86. The van der Waals surface area contributed by atoms with E-state index < -0.39 is 5.97 Å². The van der Waals surface area contributed by atoms with Crippen LogP contribution >= 0.6 is 0 Å². The van der Waals surface area contributed by atoms with Crippen molar-refractivity contribution in [2.75, 3.05) is 26.2 Å². The summed E-state index contributed by atoms with van der Waals surface area (Å²) in [6.45, 7) is 1.87. The molecule has 1 unspecified atom stereocenters. The molecule has 0 radical (unpaired) electrons. The zero-order chi connectivity index (χ0) is 14.6. The Morgan fingerprint density at radius 3 is 2.60 bits per heavy atom. The molecule has 20 heavy (non-hydrogen) atoms. The van der Waals surface area contributed by atoms with Crippen molar-refractivity contribution in [3.05, 3.63) is 0 Å². The first kappa shape index (κ1) is 15.1. The van der Waals surface area contributed by atoms with Gasteiger partial charge in [0.25, 0.3) is 0 Å². The SMILES string of the molecule is O=C(O)CC1(CNC(=O)N2CCCC(CO)C2)CCC1. The lowest BCUT2D eigenvalue weighted by Gasteiger charge is -2.41. The van der Waals surface area contributed by atoms with Crippen LogP contribution in [0.15, 0.2) is 0 Å². The van der Waals surface area contributed by atoms with Crippen molar-refractivity contribution in [2.45, 2.75) is 38.5 Å². The van der Waals surface area contributed by atoms with E-state index >= 15 is 0 Å². The maximum atomic E-state index is 12.1. The number of nitrogens with zero attached hydrogens (tertiary/aromatic N) is 1. The summed E-state index contributed by atoms with van der Waals surface area (Å²) in [6, 6.07) is -0.125. The predicted octanol–water partition coefficient (Wildman–Crippen LogP) is 1.05. The summed E-state index contributed by atoms with van der Waals surface area (Å²) in [4.78, 5) is 24.7. The van der Waals surface area contributed by atoms with E-state index in [2.05, 4.69) is 5.32 Å². The van der Waals surface area contributed by atoms with E-state index in [4.69, 9.17) is 5.11 Å². The highest BCUT2D eigenvalue weighted by atomic mass is 16.4. The lowest BCUT2D eigenvalue weighted by atomic mass is 9.66. The molecule has 2 fully saturated rings. The van der Waals surface area contributed by atoms with E-state index in [0.717, 1.165) is 32.1 Å². The molecule has 1 saturated carbocycles. The second-order valence-electron chi connectivity index (χ2n) is 6.22. The lowest BCUT2D eigenvalue weighted by molar-refractivity contribution is -0.141. The Bertz CT molecular complexity index is 368. The van der Waals surface area contributed by atoms with Gasteiger partial charge in [-0.15, -0.1) is 0 Å². The Morgan fingerprint density at radius 2 is 2.05 bits per heavy atom. The average Bonchev–Trinajstić information content (AvgIpc) is 2.41. The minimum Gasteiger partial charge on any atom is -0.481 e. The smallest absolute Gasteiger partial charge is 0.317 e. The number of piperidine rings is 1. The highest BCUT2D eigenvalue weighted by Gasteiger charge is 2.39. The highest BCUT2D eigenvalue weighted by Crippen LogP contribution is 2.43. The van der Waals surface area contributed by atoms with Crippen molar-refractivity contribution in [1.29, 1.82) is 0 Å². The van der Waals surface area contributed by atoms with Gasteiger partial charge in [0.2, 0.25) is 0 Å². The molecular weight excluding hydrogens is 260 g/mol. The Labute approximate surface area is 119 Å². The largest absolute Gasteiger partial charge is 0.481 e. The molecule has 6 nitrogen and oxygen atoms in total. The van der Waals surface area contributed by atoms with Crippen molar-refractivity contribution in [3.8, 4) is 0 Å². The summed E-state index contributed by atoms with van der Waals surface area (Å²) in [7, 11) is 0. The summed E-state index contributed by atoms with van der Waals surface area (Å²) in [5.74, 6) is -0.622. The van der Waals surface area contributed by atoms with Crippen LogP contribution in [-0.2, 0) is 4.79 Å². The molecule has 3 N–H and O–H groups in total. The molecule has 1 heterocycles. The van der Waals surface area contributed by atoms with Crippen molar-refractivity contribution in [2.24, 2.45) is 11.3 Å². The van der Waals surface area contributed by atoms with Gasteiger partial charge < -0.3 is 20.4 Å². The van der Waals surface area contributed by atoms with E-state index in [9.17, 15) is 14.7 Å². The highest BCUT2D eigenvalue weighted by molar-refractivity contribution is 5.74. The van der Waals surface area contributed by atoms with Gasteiger partial charge in [-0.3, -0.25) is 4.79 Å². The zero-order valence-corrected chi connectivity index (χ0v) is 11.8. The molecule has 114 valence electrons. The standard InChI is InChI=1S/C14H24N2O4/c17-9-11-3-1-6-16(8-11)13(20)15-10-14(4-2-5-14)7-12(18)19/h11,17H,1-10H2,(H,15,20)(H,18,19). The number of carboxylic acid groups (broad SMARTS) is 1. The number of aliphatic hydroxyl groups excluding tert-OH is 1. The molecule has 0 bridgehead atoms. The number of rotatable bonds is 5. The molecule has 0 aromatic heterocycles. The molecular formula is C14H24N2O4. The molecule has 1 aliphatic heterocycles. The number of likely N-dealkylation sites (tertiary alicyclic amines) is 1. The molecule has 1 aliphatic carbocycles. The van der Waals surface area contributed by atoms with Crippen LogP contribution in [0.25, 0.3) is 0 Å². The average molecular weight is 284 g/mol. The van der Waals surface area contributed by atoms with Crippen LogP contribution < -0.4 is 5.32 Å². The van der Waals surface area contributed by atoms with Gasteiger partial charge in [0, 0.05) is 26.2 Å². The zero-order valence-electron chi connectivity index (χ0n) is 11.8. The van der Waals surface area contributed by atoms with Crippen LogP contribution in [-0.4, -0.2) is 53.4 Å². The maximum absolute atomic E-state index is 12.1. The number of aliphatic carboxylic acids is 1. The molecule has 0 spiro atoms. The third-order valence-corrected chi connectivity index (χ3v) is 4.62. The lowest BCUT2D eigenvalue weighted by Crippen LogP contribution is -2.50. The fraction of sp³-hybridized carbons (Fsp3) is 0.857. The normalized spacial score (nSPS) is 24.9. The number of hydrogen-bond donors (Lipinski definition) is 3. The predicted molar refractivity (Wildman–Crippen MR) is 73.3 cm³/mol. The van der Waals surface area contributed by atoms with Crippen LogP contribution in [0, 0.1) is 11.3 Å². The van der Waals surface area contributed by atoms with Crippen LogP contribution in [0.5, 0.6) is 0 Å². The number of urea groups is 1. The van der Waals surface area contributed by atoms with E-state index in [1.165, 1.54) is 0 Å². The van der Waals surface area contributed by atoms with E-state index in [0.29, 0.717) is 19.6 Å². The number of nitrogens with one attached hydrogen (secondary N) is 1. The number of carboxylic acids is 1. The van der Waals surface area contributed by atoms with Gasteiger partial charge in [0.15, 0.2) is 0 Å². The Morgan fingerprint density at radius 1 is 1.30 bits per heavy atom. The van der Waals surface area contributed by atoms with Gasteiger partial charge in [-0.2, -0.15) is 0 Å². The van der Waals surface area contributed by atoms with E-state index in [1.54, 1.807) is 4.90 Å². The minimum absolute atomic E-state index is 0.118. The fourth-order valence-corrected chi connectivity index (χ4v) is 3.19. The summed E-state index contributed by atoms with van der Waals surface area (Å²) in [5, 5.41) is 21.0. The topological polar surface area (TPSA) is 89.9 Å². The molecule has 1 atom stereocenters. The fourth-order valence-electron chi connectivity index (χ4n) is 3.19. The summed E-state index contributed by atoms with van der Waals surface area (Å²) in [5.41, 5.74) is -0.242. The quantitative estimate of drug-likeness (QED) is 0.704. The van der Waals surface area contributed by atoms with Gasteiger partial charge in [0.1, 0.15) is 0 Å². The maximum Gasteiger partial charge on any atom is 0.317 e. The molecule has 6 heteroatoms. The molecule has 2 rings (SSSR count). The van der Waals surface area contributed by atoms with Crippen LogP contribution in [0.4, 0.5) is 4.79 Å². The van der Waals surface area contributed by atoms with Crippen molar-refractivity contribution < 1.29 is 19.8 Å². The first-order valence-corrected chi connectivity index (χ1v) is 7.40. The Hall–Kier alpha value is -1.30. The van der Waals surface area contributed by atoms with Gasteiger partial charge in [-0.25, -0.2) is 4.79 Å². The second-order valence-corrected chi connectivity index (χ2v) is 6.22. The van der Waals surface area contributed by atoms with Crippen LogP contribution in [0.3, 0.4) is 0 Å². The van der Waals surface area contributed by atoms with Crippen molar-refractivity contribution in [1.82, 2.24) is 10.2 Å². The van der Waals surface area contributed by atoms with E-state index in [-0.39, 0.29) is 30.4 Å². The van der Waals surface area contributed by atoms with Crippen molar-refractivity contribution >= 4 is 12.0 Å². The summed E-state index contributed by atoms with van der Waals surface area (Å²) < 4.78 is 0. The Balaban J connectivity index is 1.80. The molecule has 0 aromatic rings. The number of carbonyl (C=O) groups excluding carboxylic acids is 1.